The Kier molecular flexibility index (Phi) is 4.95. The van der Waals surface area contributed by atoms with Crippen LogP contribution >= 0.6 is 45.9 Å². The molecule has 0 saturated heterocycles. The van der Waals surface area contributed by atoms with Gasteiger partial charge in [-0.15, -0.1) is 34.3 Å². The summed E-state index contributed by atoms with van der Waals surface area (Å²) in [6.45, 7) is 0.620. The highest BCUT2D eigenvalue weighted by molar-refractivity contribution is 7.18. The zero-order valence-corrected chi connectivity index (χ0v) is 16.4. The van der Waals surface area contributed by atoms with Crippen molar-refractivity contribution >= 4 is 67.2 Å². The fourth-order valence-corrected chi connectivity index (χ4v) is 4.70. The highest BCUT2D eigenvalue weighted by atomic mass is 35.5. The van der Waals surface area contributed by atoms with E-state index in [2.05, 4.69) is 15.1 Å². The quantitative estimate of drug-likeness (QED) is 0.465. The first-order valence-electron chi connectivity index (χ1n) is 7.67. The number of rotatable bonds is 5. The van der Waals surface area contributed by atoms with Gasteiger partial charge in [-0.3, -0.25) is 9.48 Å². The molecule has 4 aromatic rings. The van der Waals surface area contributed by atoms with E-state index in [0.717, 1.165) is 16.0 Å². The Morgan fingerprint density at radius 1 is 1.38 bits per heavy atom. The zero-order chi connectivity index (χ0) is 18.1. The van der Waals surface area contributed by atoms with E-state index in [1.807, 2.05) is 29.1 Å². The summed E-state index contributed by atoms with van der Waals surface area (Å²) >= 11 is 15.1. The number of hydrogen-bond donors (Lipinski definition) is 1. The largest absolute Gasteiger partial charge is 0.305 e. The zero-order valence-electron chi connectivity index (χ0n) is 13.3. The summed E-state index contributed by atoms with van der Waals surface area (Å²) in [5.74, 6) is 0.823. The molecule has 0 unspecified atom stereocenters. The van der Waals surface area contributed by atoms with Crippen molar-refractivity contribution in [1.82, 2.24) is 19.7 Å². The summed E-state index contributed by atoms with van der Waals surface area (Å²) in [6, 6.07) is 3.95. The van der Waals surface area contributed by atoms with Gasteiger partial charge in [0.1, 0.15) is 4.83 Å². The van der Waals surface area contributed by atoms with E-state index in [-0.39, 0.29) is 5.56 Å². The normalized spacial score (nSPS) is 12.2. The molecule has 0 amide bonds. The second-order valence-corrected chi connectivity index (χ2v) is 8.03. The van der Waals surface area contributed by atoms with Gasteiger partial charge in [-0.2, -0.15) is 5.10 Å². The molecule has 132 valence electrons. The van der Waals surface area contributed by atoms with Crippen LogP contribution in [0.3, 0.4) is 0 Å². The lowest BCUT2D eigenvalue weighted by Gasteiger charge is -2.00. The fourth-order valence-electron chi connectivity index (χ4n) is 2.55. The van der Waals surface area contributed by atoms with Crippen molar-refractivity contribution in [3.8, 4) is 10.4 Å². The van der Waals surface area contributed by atoms with Crippen molar-refractivity contribution in [3.63, 3.8) is 0 Å². The van der Waals surface area contributed by atoms with Crippen LogP contribution in [0.25, 0.3) is 31.8 Å². The fraction of sp³-hybridized carbons (Fsp3) is 0.118. The second kappa shape index (κ2) is 7.36. The van der Waals surface area contributed by atoms with E-state index in [1.54, 1.807) is 28.3 Å². The van der Waals surface area contributed by atoms with Crippen LogP contribution in [0.4, 0.5) is 0 Å². The Labute approximate surface area is 166 Å². The Bertz CT molecular complexity index is 1140. The minimum absolute atomic E-state index is 0.195. The van der Waals surface area contributed by atoms with E-state index in [9.17, 15) is 4.79 Å². The number of nitrogens with zero attached hydrogens (tertiary/aromatic N) is 3. The summed E-state index contributed by atoms with van der Waals surface area (Å²) in [5.41, 5.74) is 1.52. The van der Waals surface area contributed by atoms with Gasteiger partial charge in [0.2, 0.25) is 0 Å². The summed E-state index contributed by atoms with van der Waals surface area (Å²) < 4.78 is 1.73. The van der Waals surface area contributed by atoms with Crippen molar-refractivity contribution < 1.29 is 0 Å². The lowest BCUT2D eigenvalue weighted by Crippen LogP contribution is -2.09. The van der Waals surface area contributed by atoms with Crippen LogP contribution in [0.5, 0.6) is 0 Å². The molecular weight excluding hydrogens is 411 g/mol. The number of hydrogen-bond acceptors (Lipinski definition) is 5. The monoisotopic (exact) mass is 422 g/mol. The van der Waals surface area contributed by atoms with Crippen molar-refractivity contribution in [2.75, 3.05) is 5.88 Å². The molecule has 0 spiro atoms. The van der Waals surface area contributed by atoms with Crippen molar-refractivity contribution in [2.24, 2.45) is 0 Å². The molecule has 4 heterocycles. The number of aromatic nitrogens is 4. The van der Waals surface area contributed by atoms with Gasteiger partial charge < -0.3 is 4.98 Å². The highest BCUT2D eigenvalue weighted by Crippen LogP contribution is 2.34. The van der Waals surface area contributed by atoms with E-state index < -0.39 is 0 Å². The number of halogens is 2. The van der Waals surface area contributed by atoms with Gasteiger partial charge in [-0.1, -0.05) is 17.7 Å². The first kappa shape index (κ1) is 17.5. The van der Waals surface area contributed by atoms with Crippen LogP contribution in [0.1, 0.15) is 11.4 Å². The Balaban J connectivity index is 1.73. The number of H-pyrrole nitrogens is 1. The third-order valence-electron chi connectivity index (χ3n) is 3.72. The van der Waals surface area contributed by atoms with Gasteiger partial charge >= 0.3 is 0 Å². The van der Waals surface area contributed by atoms with Crippen molar-refractivity contribution in [3.05, 3.63) is 57.0 Å². The van der Waals surface area contributed by atoms with E-state index in [4.69, 9.17) is 23.2 Å². The number of aromatic amines is 1. The van der Waals surface area contributed by atoms with Crippen LogP contribution < -0.4 is 5.56 Å². The maximum atomic E-state index is 12.6. The predicted molar refractivity (Wildman–Crippen MR) is 110 cm³/mol. The summed E-state index contributed by atoms with van der Waals surface area (Å²) in [7, 11) is 0. The van der Waals surface area contributed by atoms with Crippen molar-refractivity contribution in [1.29, 1.82) is 0 Å². The van der Waals surface area contributed by atoms with Crippen molar-refractivity contribution in [2.45, 2.75) is 6.54 Å². The molecule has 26 heavy (non-hydrogen) atoms. The van der Waals surface area contributed by atoms with Gasteiger partial charge in [0.25, 0.3) is 5.56 Å². The number of aryl methyl sites for hydroxylation is 1. The van der Waals surface area contributed by atoms with Gasteiger partial charge in [0, 0.05) is 33.5 Å². The molecule has 0 aliphatic rings. The van der Waals surface area contributed by atoms with Gasteiger partial charge in [0.05, 0.1) is 23.2 Å². The molecule has 1 N–H and O–H groups in total. The molecule has 4 rings (SSSR count). The number of fused-ring (bicyclic) bond motifs is 1. The summed E-state index contributed by atoms with van der Waals surface area (Å²) in [6.07, 6.45) is 5.24. The number of thiophene rings is 2. The molecule has 5 nitrogen and oxygen atoms in total. The lowest BCUT2D eigenvalue weighted by atomic mass is 10.2. The van der Waals surface area contributed by atoms with Crippen LogP contribution in [0, 0.1) is 0 Å². The second-order valence-electron chi connectivity index (χ2n) is 5.44. The first-order valence-corrected chi connectivity index (χ1v) is 10.3. The van der Waals surface area contributed by atoms with Crippen LogP contribution in [0.15, 0.2) is 40.1 Å². The third kappa shape index (κ3) is 3.35. The molecule has 4 aromatic heterocycles. The number of nitrogens with one attached hydrogen (secondary N) is 1. The Hall–Kier alpha value is -1.93. The molecule has 0 aliphatic heterocycles. The molecule has 0 aromatic carbocycles. The van der Waals surface area contributed by atoms with Gasteiger partial charge in [0.15, 0.2) is 5.82 Å². The molecular formula is C17H12Cl2N4OS2. The average molecular weight is 423 g/mol. The average Bonchev–Trinajstić information content (AvgIpc) is 3.34. The first-order chi connectivity index (χ1) is 12.7. The predicted octanol–water partition coefficient (Wildman–Crippen LogP) is 4.89. The minimum atomic E-state index is -0.195. The maximum absolute atomic E-state index is 12.6. The molecule has 0 atom stereocenters. The van der Waals surface area contributed by atoms with E-state index >= 15 is 0 Å². The minimum Gasteiger partial charge on any atom is -0.305 e. The molecule has 0 saturated carbocycles. The van der Waals surface area contributed by atoms with E-state index in [0.29, 0.717) is 33.5 Å². The Morgan fingerprint density at radius 3 is 3.04 bits per heavy atom. The SMILES string of the molecule is O=c1[nH]c(C(Cl)=Cc2cnn(CCCl)c2)nc2scc(-c3cccs3)c12. The van der Waals surface area contributed by atoms with Crippen LogP contribution in [-0.2, 0) is 6.54 Å². The third-order valence-corrected chi connectivity index (χ3v) is 5.95. The Morgan fingerprint density at radius 2 is 2.27 bits per heavy atom. The van der Waals surface area contributed by atoms with Crippen LogP contribution in [-0.4, -0.2) is 25.6 Å². The van der Waals surface area contributed by atoms with Gasteiger partial charge in [-0.25, -0.2) is 4.98 Å². The van der Waals surface area contributed by atoms with E-state index in [1.165, 1.54) is 11.3 Å². The molecule has 0 aliphatic carbocycles. The summed E-state index contributed by atoms with van der Waals surface area (Å²) in [5, 5.41) is 9.08. The molecule has 9 heteroatoms. The van der Waals surface area contributed by atoms with Gasteiger partial charge in [-0.05, 0) is 17.5 Å². The standard InChI is InChI=1S/C17H12Cl2N4OS2/c18-3-4-23-8-10(7-20-23)6-12(19)15-21-16(24)14-11(9-26-17(14)22-15)13-2-1-5-25-13/h1-2,5-9H,3-4H2,(H,21,22,24). The molecule has 0 fully saturated rings. The topological polar surface area (TPSA) is 63.6 Å². The lowest BCUT2D eigenvalue weighted by molar-refractivity contribution is 0.664. The number of alkyl halides is 1. The molecule has 0 radical (unpaired) electrons. The van der Waals surface area contributed by atoms with Crippen LogP contribution in [0.2, 0.25) is 0 Å². The highest BCUT2D eigenvalue weighted by Gasteiger charge is 2.14. The molecule has 0 bridgehead atoms. The maximum Gasteiger partial charge on any atom is 0.260 e. The smallest absolute Gasteiger partial charge is 0.260 e. The summed E-state index contributed by atoms with van der Waals surface area (Å²) in [4.78, 5) is 21.6.